The maximum absolute atomic E-state index is 12.5. The van der Waals surface area contributed by atoms with E-state index >= 15 is 0 Å². The molecule has 0 unspecified atom stereocenters. The number of rotatable bonds is 3. The van der Waals surface area contributed by atoms with Crippen LogP contribution in [0.15, 0.2) is 53.4 Å². The third kappa shape index (κ3) is 2.49. The summed E-state index contributed by atoms with van der Waals surface area (Å²) in [5.41, 5.74) is 2.76. The summed E-state index contributed by atoms with van der Waals surface area (Å²) in [6.07, 6.45) is 0. The van der Waals surface area contributed by atoms with Crippen molar-refractivity contribution in [1.29, 1.82) is 0 Å². The Bertz CT molecular complexity index is 679. The highest BCUT2D eigenvalue weighted by Gasteiger charge is 2.22. The van der Waals surface area contributed by atoms with Crippen LogP contribution < -0.4 is 4.31 Å². The lowest BCUT2D eigenvalue weighted by atomic mass is 10.1. The lowest BCUT2D eigenvalue weighted by Crippen LogP contribution is -2.27. The molecule has 2 rings (SSSR count). The zero-order chi connectivity index (χ0) is 14.0. The fourth-order valence-corrected chi connectivity index (χ4v) is 3.23. The molecule has 19 heavy (non-hydrogen) atoms. The predicted molar refractivity (Wildman–Crippen MR) is 77.9 cm³/mol. The number of nitrogens with zero attached hydrogens (tertiary/aromatic N) is 1. The van der Waals surface area contributed by atoms with Crippen LogP contribution in [-0.4, -0.2) is 15.5 Å². The molecule has 0 radical (unpaired) electrons. The first-order valence-corrected chi connectivity index (χ1v) is 7.49. The highest BCUT2D eigenvalue weighted by Crippen LogP contribution is 2.26. The minimum atomic E-state index is -3.50. The summed E-state index contributed by atoms with van der Waals surface area (Å²) in [6, 6.07) is 14.1. The van der Waals surface area contributed by atoms with Crippen LogP contribution in [0, 0.1) is 13.8 Å². The van der Waals surface area contributed by atoms with E-state index in [9.17, 15) is 8.42 Å². The van der Waals surface area contributed by atoms with Gasteiger partial charge >= 0.3 is 0 Å². The fourth-order valence-electron chi connectivity index (χ4n) is 1.96. The number of aryl methyl sites for hydroxylation is 1. The van der Waals surface area contributed by atoms with Gasteiger partial charge in [-0.25, -0.2) is 8.42 Å². The van der Waals surface area contributed by atoms with E-state index in [-0.39, 0.29) is 0 Å². The SMILES string of the molecule is Cc1cccc(N(C)S(=O)(=O)c2ccccc2)c1C. The molecule has 0 heterocycles. The number of sulfonamides is 1. The highest BCUT2D eigenvalue weighted by atomic mass is 32.2. The number of benzene rings is 2. The highest BCUT2D eigenvalue weighted by molar-refractivity contribution is 7.92. The summed E-state index contributed by atoms with van der Waals surface area (Å²) in [4.78, 5) is 0.304. The molecule has 0 aliphatic rings. The van der Waals surface area contributed by atoms with Gasteiger partial charge in [0.25, 0.3) is 10.0 Å². The van der Waals surface area contributed by atoms with Crippen LogP contribution in [0.1, 0.15) is 11.1 Å². The predicted octanol–water partition coefficient (Wildman–Crippen LogP) is 3.13. The van der Waals surface area contributed by atoms with Gasteiger partial charge in [0.05, 0.1) is 10.6 Å². The van der Waals surface area contributed by atoms with E-state index in [1.54, 1.807) is 37.4 Å². The fraction of sp³-hybridized carbons (Fsp3) is 0.200. The van der Waals surface area contributed by atoms with E-state index < -0.39 is 10.0 Å². The lowest BCUT2D eigenvalue weighted by Gasteiger charge is -2.22. The molecule has 0 fully saturated rings. The molecule has 0 aliphatic carbocycles. The van der Waals surface area contributed by atoms with Gasteiger partial charge in [-0.3, -0.25) is 4.31 Å². The minimum absolute atomic E-state index is 0.304. The molecule has 100 valence electrons. The molecule has 0 bridgehead atoms. The normalized spacial score (nSPS) is 11.3. The van der Waals surface area contributed by atoms with Crippen LogP contribution in [0.4, 0.5) is 5.69 Å². The molecule has 0 aromatic heterocycles. The van der Waals surface area contributed by atoms with Crippen molar-refractivity contribution in [2.45, 2.75) is 18.7 Å². The Balaban J connectivity index is 2.50. The van der Waals surface area contributed by atoms with E-state index in [0.717, 1.165) is 11.1 Å². The second-order valence-electron chi connectivity index (χ2n) is 4.50. The zero-order valence-electron chi connectivity index (χ0n) is 11.3. The maximum atomic E-state index is 12.5. The van der Waals surface area contributed by atoms with E-state index in [0.29, 0.717) is 10.6 Å². The quantitative estimate of drug-likeness (QED) is 0.863. The Morgan fingerprint density at radius 1 is 0.895 bits per heavy atom. The standard InChI is InChI=1S/C15H17NO2S/c1-12-8-7-11-15(13(12)2)16(3)19(17,18)14-9-5-4-6-10-14/h4-11H,1-3H3. The van der Waals surface area contributed by atoms with Crippen LogP contribution in [-0.2, 0) is 10.0 Å². The maximum Gasteiger partial charge on any atom is 0.264 e. The average molecular weight is 275 g/mol. The molecule has 0 amide bonds. The third-order valence-electron chi connectivity index (χ3n) is 3.32. The van der Waals surface area contributed by atoms with Gasteiger partial charge in [-0.2, -0.15) is 0 Å². The van der Waals surface area contributed by atoms with Crippen molar-refractivity contribution in [1.82, 2.24) is 0 Å². The van der Waals surface area contributed by atoms with Crippen LogP contribution in [0.25, 0.3) is 0 Å². The van der Waals surface area contributed by atoms with Gasteiger partial charge in [-0.1, -0.05) is 30.3 Å². The molecule has 0 spiro atoms. The van der Waals surface area contributed by atoms with Gasteiger partial charge in [0.1, 0.15) is 0 Å². The second kappa shape index (κ2) is 5.05. The Labute approximate surface area is 114 Å². The van der Waals surface area contributed by atoms with Crippen LogP contribution >= 0.6 is 0 Å². The Hall–Kier alpha value is -1.81. The molecule has 0 N–H and O–H groups in total. The Morgan fingerprint density at radius 3 is 2.16 bits per heavy atom. The topological polar surface area (TPSA) is 37.4 Å². The van der Waals surface area contributed by atoms with Crippen molar-refractivity contribution in [3.63, 3.8) is 0 Å². The molecule has 0 atom stereocenters. The zero-order valence-corrected chi connectivity index (χ0v) is 12.1. The van der Waals surface area contributed by atoms with Gasteiger partial charge in [-0.15, -0.1) is 0 Å². The van der Waals surface area contributed by atoms with Gasteiger partial charge in [0.2, 0.25) is 0 Å². The summed E-state index contributed by atoms with van der Waals surface area (Å²) in [7, 11) is -1.91. The summed E-state index contributed by atoms with van der Waals surface area (Å²) in [6.45, 7) is 3.91. The first-order valence-electron chi connectivity index (χ1n) is 6.05. The van der Waals surface area contributed by atoms with Gasteiger partial charge in [0, 0.05) is 7.05 Å². The summed E-state index contributed by atoms with van der Waals surface area (Å²) in [5, 5.41) is 0. The molecule has 2 aromatic carbocycles. The summed E-state index contributed by atoms with van der Waals surface area (Å²) in [5.74, 6) is 0. The van der Waals surface area contributed by atoms with Crippen molar-refractivity contribution < 1.29 is 8.42 Å². The second-order valence-corrected chi connectivity index (χ2v) is 6.47. The molecular formula is C15H17NO2S. The molecule has 3 nitrogen and oxygen atoms in total. The number of anilines is 1. The number of hydrogen-bond donors (Lipinski definition) is 0. The molecular weight excluding hydrogens is 258 g/mol. The monoisotopic (exact) mass is 275 g/mol. The summed E-state index contributed by atoms with van der Waals surface area (Å²) >= 11 is 0. The molecule has 0 saturated heterocycles. The van der Waals surface area contributed by atoms with Crippen LogP contribution in [0.3, 0.4) is 0 Å². The molecule has 0 aliphatic heterocycles. The van der Waals surface area contributed by atoms with Crippen molar-refractivity contribution in [3.05, 3.63) is 59.7 Å². The summed E-state index contributed by atoms with van der Waals surface area (Å²) < 4.78 is 26.4. The third-order valence-corrected chi connectivity index (χ3v) is 5.10. The number of hydrogen-bond acceptors (Lipinski definition) is 2. The van der Waals surface area contributed by atoms with Crippen LogP contribution in [0.2, 0.25) is 0 Å². The molecule has 2 aromatic rings. The molecule has 4 heteroatoms. The van der Waals surface area contributed by atoms with Crippen molar-refractivity contribution in [2.24, 2.45) is 0 Å². The molecule has 0 saturated carbocycles. The van der Waals surface area contributed by atoms with E-state index in [1.807, 2.05) is 32.0 Å². The van der Waals surface area contributed by atoms with Gasteiger partial charge in [-0.05, 0) is 43.2 Å². The largest absolute Gasteiger partial charge is 0.269 e. The van der Waals surface area contributed by atoms with E-state index in [4.69, 9.17) is 0 Å². The Morgan fingerprint density at radius 2 is 1.53 bits per heavy atom. The smallest absolute Gasteiger partial charge is 0.264 e. The lowest BCUT2D eigenvalue weighted by molar-refractivity contribution is 0.594. The minimum Gasteiger partial charge on any atom is -0.269 e. The van der Waals surface area contributed by atoms with Crippen LogP contribution in [0.5, 0.6) is 0 Å². The van der Waals surface area contributed by atoms with Crippen molar-refractivity contribution in [3.8, 4) is 0 Å². The van der Waals surface area contributed by atoms with E-state index in [1.165, 1.54) is 4.31 Å². The first-order chi connectivity index (χ1) is 8.94. The van der Waals surface area contributed by atoms with Gasteiger partial charge in [0.15, 0.2) is 0 Å². The first kappa shape index (κ1) is 13.6. The van der Waals surface area contributed by atoms with Crippen molar-refractivity contribution >= 4 is 15.7 Å². The average Bonchev–Trinajstić information content (AvgIpc) is 2.42. The van der Waals surface area contributed by atoms with Gasteiger partial charge < -0.3 is 0 Å². The van der Waals surface area contributed by atoms with E-state index in [2.05, 4.69) is 0 Å². The van der Waals surface area contributed by atoms with Crippen molar-refractivity contribution in [2.75, 3.05) is 11.4 Å². The Kier molecular flexibility index (Phi) is 3.62.